The van der Waals surface area contributed by atoms with Crippen LogP contribution >= 0.6 is 0 Å². The molecule has 8 heteroatoms. The second-order valence-corrected chi connectivity index (χ2v) is 7.08. The van der Waals surface area contributed by atoms with Gasteiger partial charge in [-0.2, -0.15) is 15.0 Å². The molecule has 1 aromatic heterocycles. The van der Waals surface area contributed by atoms with E-state index in [0.717, 1.165) is 24.2 Å². The minimum absolute atomic E-state index is 0.566. The number of benzene rings is 1. The van der Waals surface area contributed by atoms with Crippen molar-refractivity contribution < 1.29 is 14.2 Å². The number of ether oxygens (including phenoxy) is 3. The van der Waals surface area contributed by atoms with Crippen LogP contribution in [0.2, 0.25) is 0 Å². The molecule has 0 unspecified atom stereocenters. The topological polar surface area (TPSA) is 72.8 Å². The van der Waals surface area contributed by atoms with Crippen LogP contribution in [0.4, 0.5) is 11.9 Å². The molecule has 31 heavy (non-hydrogen) atoms. The molecule has 2 heterocycles. The van der Waals surface area contributed by atoms with Crippen LogP contribution in [0.15, 0.2) is 30.8 Å². The highest BCUT2D eigenvalue weighted by atomic mass is 16.5. The summed E-state index contributed by atoms with van der Waals surface area (Å²) in [6.07, 6.45) is 1.82. The van der Waals surface area contributed by atoms with E-state index in [0.29, 0.717) is 70.5 Å². The Balaban J connectivity index is 1.93. The van der Waals surface area contributed by atoms with Crippen LogP contribution in [0.1, 0.15) is 19.4 Å². The summed E-state index contributed by atoms with van der Waals surface area (Å²) in [6, 6.07) is 8.07. The maximum atomic E-state index is 5.72. The number of rotatable bonds is 6. The molecule has 0 atom stereocenters. The maximum Gasteiger partial charge on any atom is 0.230 e. The standard InChI is InChI=1S/C23H33N5O3/c1-4-19-7-9-20(10-8-19)21-24-22(27(5-2)6-3)26-23(25-21)28-11-13-29-15-17-31-18-16-30-14-12-28/h4,7-10H,1,5-6,11-18H2,2-3H3. The first-order valence-corrected chi connectivity index (χ1v) is 11.0. The molecule has 0 aliphatic carbocycles. The van der Waals surface area contributed by atoms with E-state index in [1.165, 1.54) is 0 Å². The van der Waals surface area contributed by atoms with Gasteiger partial charge in [-0.1, -0.05) is 36.9 Å². The smallest absolute Gasteiger partial charge is 0.230 e. The van der Waals surface area contributed by atoms with Gasteiger partial charge in [0, 0.05) is 31.7 Å². The molecule has 168 valence electrons. The van der Waals surface area contributed by atoms with E-state index in [4.69, 9.17) is 29.2 Å². The van der Waals surface area contributed by atoms with Crippen molar-refractivity contribution in [1.82, 2.24) is 15.0 Å². The summed E-state index contributed by atoms with van der Waals surface area (Å²) in [7, 11) is 0. The molecule has 1 saturated heterocycles. The van der Waals surface area contributed by atoms with E-state index in [1.807, 2.05) is 30.3 Å². The van der Waals surface area contributed by atoms with E-state index >= 15 is 0 Å². The second kappa shape index (κ2) is 12.3. The van der Waals surface area contributed by atoms with Crippen molar-refractivity contribution in [2.45, 2.75) is 13.8 Å². The third-order valence-corrected chi connectivity index (χ3v) is 5.10. The zero-order chi connectivity index (χ0) is 21.9. The summed E-state index contributed by atoms with van der Waals surface area (Å²) < 4.78 is 16.9. The maximum absolute atomic E-state index is 5.72. The van der Waals surface area contributed by atoms with Gasteiger partial charge in [0.25, 0.3) is 0 Å². The van der Waals surface area contributed by atoms with Gasteiger partial charge < -0.3 is 24.0 Å². The van der Waals surface area contributed by atoms with Gasteiger partial charge >= 0.3 is 0 Å². The van der Waals surface area contributed by atoms with Crippen LogP contribution in [0.3, 0.4) is 0 Å². The molecule has 2 aromatic rings. The average Bonchev–Trinajstić information content (AvgIpc) is 2.80. The highest BCUT2D eigenvalue weighted by Crippen LogP contribution is 2.22. The average molecular weight is 428 g/mol. The zero-order valence-electron chi connectivity index (χ0n) is 18.6. The van der Waals surface area contributed by atoms with Crippen molar-refractivity contribution in [3.05, 3.63) is 36.4 Å². The zero-order valence-corrected chi connectivity index (χ0v) is 18.6. The van der Waals surface area contributed by atoms with Gasteiger partial charge in [0.05, 0.1) is 39.6 Å². The quantitative estimate of drug-likeness (QED) is 0.697. The highest BCUT2D eigenvalue weighted by molar-refractivity contribution is 5.61. The van der Waals surface area contributed by atoms with Gasteiger partial charge in [-0.3, -0.25) is 0 Å². The lowest BCUT2D eigenvalue weighted by molar-refractivity contribution is 0.0125. The fourth-order valence-electron chi connectivity index (χ4n) is 3.24. The Morgan fingerprint density at radius 1 is 0.871 bits per heavy atom. The first-order valence-electron chi connectivity index (χ1n) is 11.0. The Bertz CT molecular complexity index is 799. The Hall–Kier alpha value is -2.55. The van der Waals surface area contributed by atoms with Gasteiger partial charge in [0.2, 0.25) is 11.9 Å². The summed E-state index contributed by atoms with van der Waals surface area (Å²) in [5.41, 5.74) is 2.00. The Morgan fingerprint density at radius 2 is 1.45 bits per heavy atom. The predicted octanol–water partition coefficient (Wildman–Crippen LogP) is 2.90. The fraction of sp³-hybridized carbons (Fsp3) is 0.522. The monoisotopic (exact) mass is 427 g/mol. The molecule has 3 rings (SSSR count). The van der Waals surface area contributed by atoms with Crippen LogP contribution in [0.25, 0.3) is 17.5 Å². The molecule has 1 aliphatic heterocycles. The third kappa shape index (κ3) is 6.72. The van der Waals surface area contributed by atoms with Crippen LogP contribution in [0.5, 0.6) is 0 Å². The van der Waals surface area contributed by atoms with Crippen molar-refractivity contribution >= 4 is 18.0 Å². The molecule has 0 spiro atoms. The molecule has 1 aromatic carbocycles. The lowest BCUT2D eigenvalue weighted by Crippen LogP contribution is -2.34. The van der Waals surface area contributed by atoms with Crippen molar-refractivity contribution in [3.63, 3.8) is 0 Å². The summed E-state index contributed by atoms with van der Waals surface area (Å²) in [5, 5.41) is 0. The normalized spacial score (nSPS) is 16.3. The first-order chi connectivity index (χ1) is 15.2. The van der Waals surface area contributed by atoms with Gasteiger partial charge in [-0.25, -0.2) is 0 Å². The highest BCUT2D eigenvalue weighted by Gasteiger charge is 2.17. The molecular weight excluding hydrogens is 394 g/mol. The molecule has 0 radical (unpaired) electrons. The van der Waals surface area contributed by atoms with Gasteiger partial charge in [-0.05, 0) is 19.4 Å². The molecule has 0 amide bonds. The van der Waals surface area contributed by atoms with Gasteiger partial charge in [0.15, 0.2) is 5.82 Å². The largest absolute Gasteiger partial charge is 0.377 e. The fourth-order valence-corrected chi connectivity index (χ4v) is 3.24. The third-order valence-electron chi connectivity index (χ3n) is 5.10. The molecule has 0 N–H and O–H groups in total. The van der Waals surface area contributed by atoms with E-state index in [2.05, 4.69) is 30.2 Å². The van der Waals surface area contributed by atoms with Crippen LogP contribution in [0, 0.1) is 0 Å². The SMILES string of the molecule is C=Cc1ccc(-c2nc(N(CC)CC)nc(N3CCOCCOCCOCC3)n2)cc1. The number of anilines is 2. The van der Waals surface area contributed by atoms with Crippen LogP contribution in [-0.2, 0) is 14.2 Å². The van der Waals surface area contributed by atoms with Crippen molar-refractivity contribution in [2.75, 3.05) is 75.6 Å². The molecule has 1 aliphatic rings. The molecule has 0 bridgehead atoms. The molecule has 8 nitrogen and oxygen atoms in total. The van der Waals surface area contributed by atoms with Crippen LogP contribution in [-0.4, -0.2) is 80.8 Å². The number of hydrogen-bond donors (Lipinski definition) is 0. The number of aromatic nitrogens is 3. The Kier molecular flexibility index (Phi) is 9.20. The minimum atomic E-state index is 0.566. The molecular formula is C23H33N5O3. The predicted molar refractivity (Wildman–Crippen MR) is 124 cm³/mol. The summed E-state index contributed by atoms with van der Waals surface area (Å²) in [5.74, 6) is 1.98. The van der Waals surface area contributed by atoms with E-state index in [9.17, 15) is 0 Å². The first kappa shape index (κ1) is 23.1. The van der Waals surface area contributed by atoms with Gasteiger partial charge in [0.1, 0.15) is 0 Å². The van der Waals surface area contributed by atoms with Gasteiger partial charge in [-0.15, -0.1) is 0 Å². The van der Waals surface area contributed by atoms with E-state index in [-0.39, 0.29) is 0 Å². The summed E-state index contributed by atoms with van der Waals surface area (Å²) in [4.78, 5) is 18.6. The molecule has 1 fully saturated rings. The van der Waals surface area contributed by atoms with Crippen LogP contribution < -0.4 is 9.80 Å². The van der Waals surface area contributed by atoms with Crippen molar-refractivity contribution in [2.24, 2.45) is 0 Å². The lowest BCUT2D eigenvalue weighted by Gasteiger charge is -2.26. The molecule has 0 saturated carbocycles. The van der Waals surface area contributed by atoms with Crippen molar-refractivity contribution in [3.8, 4) is 11.4 Å². The number of hydrogen-bond acceptors (Lipinski definition) is 8. The van der Waals surface area contributed by atoms with E-state index < -0.39 is 0 Å². The second-order valence-electron chi connectivity index (χ2n) is 7.08. The van der Waals surface area contributed by atoms with E-state index in [1.54, 1.807) is 0 Å². The summed E-state index contributed by atoms with van der Waals surface area (Å²) >= 11 is 0. The summed E-state index contributed by atoms with van der Waals surface area (Å²) in [6.45, 7) is 14.4. The Morgan fingerprint density at radius 3 is 2.00 bits per heavy atom. The number of nitrogens with zero attached hydrogens (tertiary/aromatic N) is 5. The lowest BCUT2D eigenvalue weighted by atomic mass is 10.1. The van der Waals surface area contributed by atoms with Crippen molar-refractivity contribution in [1.29, 1.82) is 0 Å². The minimum Gasteiger partial charge on any atom is -0.377 e. The Labute approximate surface area is 184 Å².